The monoisotopic (exact) mass is 408 g/mol. The zero-order valence-electron chi connectivity index (χ0n) is 17.0. The lowest BCUT2D eigenvalue weighted by molar-refractivity contribution is -0.395. The first-order valence-corrected chi connectivity index (χ1v) is 9.12. The summed E-state index contributed by atoms with van der Waals surface area (Å²) in [6.45, 7) is 7.46. The minimum Gasteiger partial charge on any atom is -0.450 e. The van der Waals surface area contributed by atoms with Crippen LogP contribution in [0.15, 0.2) is 48.5 Å². The second-order valence-corrected chi connectivity index (χ2v) is 7.04. The highest BCUT2D eigenvalue weighted by Gasteiger charge is 2.28. The van der Waals surface area contributed by atoms with Crippen LogP contribution in [0.3, 0.4) is 0 Å². The number of ether oxygens (including phenoxy) is 2. The first kappa shape index (κ1) is 20.8. The predicted octanol–water partition coefficient (Wildman–Crippen LogP) is 6.32. The average Bonchev–Trinajstić information content (AvgIpc) is 2.66. The summed E-state index contributed by atoms with van der Waals surface area (Å²) in [5.41, 5.74) is 2.54. The summed E-state index contributed by atoms with van der Waals surface area (Å²) in [7, 11) is 0. The van der Waals surface area contributed by atoms with E-state index in [9.17, 15) is 20.2 Å². The quantitative estimate of drug-likeness (QED) is 0.349. The Bertz CT molecular complexity index is 1070. The van der Waals surface area contributed by atoms with Crippen LogP contribution in [0.2, 0.25) is 0 Å². The Balaban J connectivity index is 2.12. The molecule has 0 radical (unpaired) electrons. The standard InChI is InChI=1S/C22H20N2O6/c1-13-5-7-19(15(3)9-13)29-21-12-22(18(24(27)28)11-17(21)23(25)26)30-20-8-6-14(2)10-16(20)4/h5-12H,1-4H3. The molecule has 3 aromatic rings. The summed E-state index contributed by atoms with van der Waals surface area (Å²) in [4.78, 5) is 21.7. The van der Waals surface area contributed by atoms with Crippen LogP contribution in [0.1, 0.15) is 22.3 Å². The maximum Gasteiger partial charge on any atom is 0.318 e. The fraction of sp³-hybridized carbons (Fsp3) is 0.182. The van der Waals surface area contributed by atoms with E-state index in [0.29, 0.717) is 11.5 Å². The minimum atomic E-state index is -0.716. The Morgan fingerprint density at radius 3 is 1.33 bits per heavy atom. The lowest BCUT2D eigenvalue weighted by Gasteiger charge is -2.13. The number of aryl methyl sites for hydroxylation is 4. The molecule has 8 nitrogen and oxygen atoms in total. The lowest BCUT2D eigenvalue weighted by atomic mass is 10.1. The molecule has 0 aromatic heterocycles. The molecule has 0 heterocycles. The number of nitrogens with zero attached hydrogens (tertiary/aromatic N) is 2. The summed E-state index contributed by atoms with van der Waals surface area (Å²) in [6.07, 6.45) is 0. The van der Waals surface area contributed by atoms with Gasteiger partial charge in [0.2, 0.25) is 11.5 Å². The first-order valence-electron chi connectivity index (χ1n) is 9.12. The second-order valence-electron chi connectivity index (χ2n) is 7.04. The van der Waals surface area contributed by atoms with Crippen molar-refractivity contribution in [2.75, 3.05) is 0 Å². The highest BCUT2D eigenvalue weighted by molar-refractivity contribution is 5.63. The van der Waals surface area contributed by atoms with Crippen molar-refractivity contribution in [1.82, 2.24) is 0 Å². The number of nitro groups is 2. The molecule has 0 atom stereocenters. The summed E-state index contributed by atoms with van der Waals surface area (Å²) in [5, 5.41) is 23.1. The van der Waals surface area contributed by atoms with E-state index in [0.717, 1.165) is 28.3 Å². The van der Waals surface area contributed by atoms with Crippen LogP contribution in [0.25, 0.3) is 0 Å². The van der Waals surface area contributed by atoms with Crippen molar-refractivity contribution < 1.29 is 19.3 Å². The summed E-state index contributed by atoms with van der Waals surface area (Å²) < 4.78 is 11.5. The predicted molar refractivity (Wildman–Crippen MR) is 112 cm³/mol. The largest absolute Gasteiger partial charge is 0.450 e. The maximum absolute atomic E-state index is 11.5. The molecule has 0 bridgehead atoms. The van der Waals surface area contributed by atoms with Gasteiger partial charge in [-0.15, -0.1) is 0 Å². The van der Waals surface area contributed by atoms with Crippen LogP contribution in [0.4, 0.5) is 11.4 Å². The van der Waals surface area contributed by atoms with Gasteiger partial charge >= 0.3 is 11.4 Å². The highest BCUT2D eigenvalue weighted by Crippen LogP contribution is 2.43. The van der Waals surface area contributed by atoms with E-state index in [1.54, 1.807) is 12.1 Å². The molecule has 0 aliphatic carbocycles. The zero-order chi connectivity index (χ0) is 22.0. The van der Waals surface area contributed by atoms with E-state index in [4.69, 9.17) is 9.47 Å². The normalized spacial score (nSPS) is 10.5. The molecule has 0 fully saturated rings. The van der Waals surface area contributed by atoms with Gasteiger partial charge in [0.25, 0.3) is 0 Å². The summed E-state index contributed by atoms with van der Waals surface area (Å²) in [5.74, 6) is 0.541. The lowest BCUT2D eigenvalue weighted by Crippen LogP contribution is -2.00. The molecule has 0 N–H and O–H groups in total. The fourth-order valence-corrected chi connectivity index (χ4v) is 3.05. The minimum absolute atomic E-state index is 0.141. The molecular weight excluding hydrogens is 388 g/mol. The topological polar surface area (TPSA) is 105 Å². The van der Waals surface area contributed by atoms with E-state index in [1.807, 2.05) is 52.0 Å². The van der Waals surface area contributed by atoms with Crippen molar-refractivity contribution in [1.29, 1.82) is 0 Å². The number of nitro benzene ring substituents is 2. The van der Waals surface area contributed by atoms with Crippen molar-refractivity contribution in [3.63, 3.8) is 0 Å². The smallest absolute Gasteiger partial charge is 0.318 e. The molecule has 0 saturated carbocycles. The number of rotatable bonds is 6. The Morgan fingerprint density at radius 1 is 0.600 bits per heavy atom. The van der Waals surface area contributed by atoms with Gasteiger partial charge in [0, 0.05) is 6.07 Å². The van der Waals surface area contributed by atoms with Crippen molar-refractivity contribution >= 4 is 11.4 Å². The summed E-state index contributed by atoms with van der Waals surface area (Å²) in [6, 6.07) is 12.8. The highest BCUT2D eigenvalue weighted by atomic mass is 16.6. The van der Waals surface area contributed by atoms with Gasteiger partial charge in [-0.05, 0) is 51.0 Å². The van der Waals surface area contributed by atoms with Crippen molar-refractivity contribution in [3.8, 4) is 23.0 Å². The Morgan fingerprint density at radius 2 is 1.00 bits per heavy atom. The number of benzene rings is 3. The molecule has 30 heavy (non-hydrogen) atoms. The first-order chi connectivity index (χ1) is 14.2. The maximum atomic E-state index is 11.5. The Kier molecular flexibility index (Phi) is 5.68. The van der Waals surface area contributed by atoms with Crippen LogP contribution in [0.5, 0.6) is 23.0 Å². The molecule has 0 aliphatic heterocycles. The van der Waals surface area contributed by atoms with Crippen LogP contribution in [-0.2, 0) is 0 Å². The molecule has 154 valence electrons. The van der Waals surface area contributed by atoms with Gasteiger partial charge in [0.15, 0.2) is 0 Å². The zero-order valence-corrected chi connectivity index (χ0v) is 17.0. The van der Waals surface area contributed by atoms with Gasteiger partial charge in [-0.2, -0.15) is 0 Å². The Hall–Kier alpha value is -3.94. The van der Waals surface area contributed by atoms with Crippen LogP contribution in [-0.4, -0.2) is 9.85 Å². The molecule has 0 aliphatic rings. The van der Waals surface area contributed by atoms with Crippen molar-refractivity contribution in [3.05, 3.63) is 91.0 Å². The third-order valence-corrected chi connectivity index (χ3v) is 4.53. The van der Waals surface area contributed by atoms with Crippen LogP contribution in [0, 0.1) is 47.9 Å². The molecule has 3 rings (SSSR count). The fourth-order valence-electron chi connectivity index (χ4n) is 3.05. The van der Waals surface area contributed by atoms with E-state index in [-0.39, 0.29) is 11.5 Å². The molecule has 8 heteroatoms. The van der Waals surface area contributed by atoms with E-state index in [2.05, 4.69) is 0 Å². The van der Waals surface area contributed by atoms with Crippen LogP contribution >= 0.6 is 0 Å². The molecule has 3 aromatic carbocycles. The molecule has 0 spiro atoms. The van der Waals surface area contributed by atoms with Gasteiger partial charge in [0.05, 0.1) is 9.85 Å². The van der Waals surface area contributed by atoms with Gasteiger partial charge < -0.3 is 9.47 Å². The van der Waals surface area contributed by atoms with E-state index >= 15 is 0 Å². The molecule has 0 amide bonds. The third kappa shape index (κ3) is 4.38. The van der Waals surface area contributed by atoms with Gasteiger partial charge in [-0.25, -0.2) is 0 Å². The van der Waals surface area contributed by atoms with E-state index in [1.165, 1.54) is 6.07 Å². The average molecular weight is 408 g/mol. The number of hydrogen-bond acceptors (Lipinski definition) is 6. The SMILES string of the molecule is Cc1ccc(Oc2cc(Oc3ccc(C)cc3C)c([N+](=O)[O-])cc2[N+](=O)[O-])c(C)c1. The van der Waals surface area contributed by atoms with Gasteiger partial charge in [0.1, 0.15) is 17.6 Å². The van der Waals surface area contributed by atoms with Gasteiger partial charge in [-0.3, -0.25) is 20.2 Å². The Labute approximate surface area is 173 Å². The molecule has 0 unspecified atom stereocenters. The van der Waals surface area contributed by atoms with Crippen molar-refractivity contribution in [2.24, 2.45) is 0 Å². The molecule has 0 saturated heterocycles. The molecular formula is C22H20N2O6. The van der Waals surface area contributed by atoms with Crippen LogP contribution < -0.4 is 9.47 Å². The van der Waals surface area contributed by atoms with E-state index < -0.39 is 21.2 Å². The summed E-state index contributed by atoms with van der Waals surface area (Å²) >= 11 is 0. The third-order valence-electron chi connectivity index (χ3n) is 4.53. The van der Waals surface area contributed by atoms with Gasteiger partial charge in [-0.1, -0.05) is 35.4 Å². The van der Waals surface area contributed by atoms with Crippen molar-refractivity contribution in [2.45, 2.75) is 27.7 Å². The second kappa shape index (κ2) is 8.20. The number of hydrogen-bond donors (Lipinski definition) is 0.